The number of quaternary nitrogens is 1. The van der Waals surface area contributed by atoms with Gasteiger partial charge in [-0.15, -0.1) is 0 Å². The van der Waals surface area contributed by atoms with Gasteiger partial charge in [0.1, 0.15) is 19.8 Å². The lowest BCUT2D eigenvalue weighted by molar-refractivity contribution is -0.870. The Balaban J connectivity index is 4.16. The van der Waals surface area contributed by atoms with Crippen LogP contribution in [0.4, 0.5) is 0 Å². The Kier molecular flexibility index (Phi) is 38.8. The van der Waals surface area contributed by atoms with Gasteiger partial charge < -0.3 is 18.9 Å². The number of hydrogen-bond donors (Lipinski definition) is 1. The van der Waals surface area contributed by atoms with E-state index in [9.17, 15) is 19.0 Å². The monoisotopic (exact) mass is 819 g/mol. The maximum absolute atomic E-state index is 12.7. The molecule has 0 fully saturated rings. The number of phosphoric acid groups is 1. The Morgan fingerprint density at radius 2 is 0.804 bits per heavy atom. The molecule has 0 saturated heterocycles. The van der Waals surface area contributed by atoms with E-state index in [1.54, 1.807) is 0 Å². The van der Waals surface area contributed by atoms with Gasteiger partial charge in [-0.1, -0.05) is 206 Å². The van der Waals surface area contributed by atoms with Crippen molar-refractivity contribution in [2.75, 3.05) is 47.5 Å². The quantitative estimate of drug-likeness (QED) is 0.0280. The number of ether oxygens (including phenoxy) is 2. The first-order valence-corrected chi connectivity index (χ1v) is 25.3. The Bertz CT molecular complexity index is 927. The molecule has 0 aromatic heterocycles. The summed E-state index contributed by atoms with van der Waals surface area (Å²) in [5, 5.41) is 0. The highest BCUT2D eigenvalue weighted by Gasteiger charge is 2.27. The van der Waals surface area contributed by atoms with E-state index in [2.05, 4.69) is 13.8 Å². The zero-order chi connectivity index (χ0) is 41.4. The second-order valence-corrected chi connectivity index (χ2v) is 19.0. The standard InChI is InChI=1S/C46H92NO8P/c1-6-8-10-12-14-16-18-19-20-21-22-23-24-25-26-27-29-30-32-34-36-38-45(48)52-42-44(43-54-56(50,51)53-41-40-47(3,4)5)55-46(49)39-37-35-33-31-28-17-15-13-11-9-7-2/h44H,6-43H2,1-5H3/p+1/t44-/m1/s1. The number of carbonyl (C=O) groups is 2. The molecule has 0 spiro atoms. The van der Waals surface area contributed by atoms with Crippen molar-refractivity contribution in [3.63, 3.8) is 0 Å². The molecule has 0 aliphatic heterocycles. The molecule has 10 heteroatoms. The van der Waals surface area contributed by atoms with Gasteiger partial charge in [0.2, 0.25) is 0 Å². The van der Waals surface area contributed by atoms with Crippen LogP contribution in [0.1, 0.15) is 232 Å². The molecule has 0 aromatic carbocycles. The molecule has 1 unspecified atom stereocenters. The Morgan fingerprint density at radius 3 is 1.14 bits per heavy atom. The van der Waals surface area contributed by atoms with E-state index in [0.29, 0.717) is 17.4 Å². The minimum absolute atomic E-state index is 0.0368. The minimum Gasteiger partial charge on any atom is -0.462 e. The largest absolute Gasteiger partial charge is 0.472 e. The molecule has 0 amide bonds. The highest BCUT2D eigenvalue weighted by molar-refractivity contribution is 7.47. The normalized spacial score (nSPS) is 13.5. The van der Waals surface area contributed by atoms with E-state index in [0.717, 1.165) is 38.5 Å². The van der Waals surface area contributed by atoms with Gasteiger partial charge >= 0.3 is 19.8 Å². The summed E-state index contributed by atoms with van der Waals surface area (Å²) in [7, 11) is 1.49. The number of carbonyl (C=O) groups excluding carboxylic acids is 2. The second kappa shape index (κ2) is 39.5. The lowest BCUT2D eigenvalue weighted by Crippen LogP contribution is -2.37. The minimum atomic E-state index is -4.36. The molecule has 0 aliphatic carbocycles. The van der Waals surface area contributed by atoms with E-state index < -0.39 is 26.5 Å². The van der Waals surface area contributed by atoms with Gasteiger partial charge in [-0.2, -0.15) is 0 Å². The summed E-state index contributed by atoms with van der Waals surface area (Å²) in [5.74, 6) is -0.783. The summed E-state index contributed by atoms with van der Waals surface area (Å²) in [6.07, 6.45) is 40.1. The molecule has 9 nitrogen and oxygen atoms in total. The van der Waals surface area contributed by atoms with E-state index >= 15 is 0 Å². The zero-order valence-corrected chi connectivity index (χ0v) is 38.5. The molecule has 0 heterocycles. The number of likely N-dealkylation sites (N-methyl/N-ethyl adjacent to an activating group) is 1. The van der Waals surface area contributed by atoms with Crippen LogP contribution in [-0.4, -0.2) is 74.9 Å². The Hall–Kier alpha value is -0.990. The fraction of sp³-hybridized carbons (Fsp3) is 0.957. The topological polar surface area (TPSA) is 108 Å². The van der Waals surface area contributed by atoms with Crippen LogP contribution in [0.2, 0.25) is 0 Å². The fourth-order valence-corrected chi connectivity index (χ4v) is 7.64. The highest BCUT2D eigenvalue weighted by Crippen LogP contribution is 2.43. The lowest BCUT2D eigenvalue weighted by Gasteiger charge is -2.24. The number of unbranched alkanes of at least 4 members (excludes halogenated alkanes) is 30. The van der Waals surface area contributed by atoms with Crippen LogP contribution in [0.15, 0.2) is 0 Å². The average molecular weight is 819 g/mol. The summed E-state index contributed by atoms with van der Waals surface area (Å²) in [4.78, 5) is 35.4. The van der Waals surface area contributed by atoms with Crippen LogP contribution in [0, 0.1) is 0 Å². The first-order valence-electron chi connectivity index (χ1n) is 23.8. The summed E-state index contributed by atoms with van der Waals surface area (Å²) in [6.45, 7) is 4.46. The van der Waals surface area contributed by atoms with Crippen LogP contribution in [0.3, 0.4) is 0 Å². The van der Waals surface area contributed by atoms with Gasteiger partial charge in [0, 0.05) is 12.8 Å². The van der Waals surface area contributed by atoms with E-state index in [-0.39, 0.29) is 25.6 Å². The molecular weight excluding hydrogens is 725 g/mol. The van der Waals surface area contributed by atoms with Gasteiger partial charge in [-0.05, 0) is 12.8 Å². The number of rotatable bonds is 44. The van der Waals surface area contributed by atoms with Crippen LogP contribution < -0.4 is 0 Å². The van der Waals surface area contributed by atoms with E-state index in [1.807, 2.05) is 21.1 Å². The molecule has 0 radical (unpaired) electrons. The number of phosphoric ester groups is 1. The molecule has 0 rings (SSSR count). The maximum Gasteiger partial charge on any atom is 0.472 e. The third kappa shape index (κ3) is 42.6. The fourth-order valence-electron chi connectivity index (χ4n) is 6.90. The molecular formula is C46H93NO8P+. The summed E-state index contributed by atoms with van der Waals surface area (Å²) in [6, 6.07) is 0. The smallest absolute Gasteiger partial charge is 0.462 e. The van der Waals surface area contributed by atoms with Gasteiger partial charge in [-0.3, -0.25) is 18.6 Å². The average Bonchev–Trinajstić information content (AvgIpc) is 3.15. The summed E-state index contributed by atoms with van der Waals surface area (Å²) >= 11 is 0. The van der Waals surface area contributed by atoms with Crippen LogP contribution in [0.5, 0.6) is 0 Å². The van der Waals surface area contributed by atoms with Gasteiger partial charge in [0.25, 0.3) is 0 Å². The van der Waals surface area contributed by atoms with Gasteiger partial charge in [-0.25, -0.2) is 4.57 Å². The highest BCUT2D eigenvalue weighted by atomic mass is 31.2. The molecule has 0 saturated carbocycles. The number of hydrogen-bond acceptors (Lipinski definition) is 7. The van der Waals surface area contributed by atoms with Crippen molar-refractivity contribution < 1.29 is 42.1 Å². The molecule has 56 heavy (non-hydrogen) atoms. The maximum atomic E-state index is 12.7. The number of esters is 2. The molecule has 0 aliphatic rings. The molecule has 1 N–H and O–H groups in total. The SMILES string of the molecule is CCCCCCCCCCCCCCCCCCCCCCCC(=O)OC[C@H](COP(=O)(O)OCC[N+](C)(C)C)OC(=O)CCCCCCCCCCCCC. The van der Waals surface area contributed by atoms with Gasteiger partial charge in [0.05, 0.1) is 27.7 Å². The summed E-state index contributed by atoms with van der Waals surface area (Å²) in [5.41, 5.74) is 0. The molecule has 0 aromatic rings. The molecule has 2 atom stereocenters. The van der Waals surface area contributed by atoms with Crippen molar-refractivity contribution in [3.8, 4) is 0 Å². The van der Waals surface area contributed by atoms with Crippen molar-refractivity contribution in [1.82, 2.24) is 0 Å². The van der Waals surface area contributed by atoms with Gasteiger partial charge in [0.15, 0.2) is 6.10 Å². The zero-order valence-electron chi connectivity index (χ0n) is 37.6. The second-order valence-electron chi connectivity index (χ2n) is 17.5. The number of nitrogens with zero attached hydrogens (tertiary/aromatic N) is 1. The molecule has 0 bridgehead atoms. The third-order valence-electron chi connectivity index (χ3n) is 10.6. The Morgan fingerprint density at radius 1 is 0.482 bits per heavy atom. The first kappa shape index (κ1) is 55.0. The van der Waals surface area contributed by atoms with Crippen molar-refractivity contribution >= 4 is 19.8 Å². The first-order chi connectivity index (χ1) is 27.0. The van der Waals surface area contributed by atoms with Crippen molar-refractivity contribution in [2.45, 2.75) is 238 Å². The van der Waals surface area contributed by atoms with Crippen LogP contribution >= 0.6 is 7.82 Å². The third-order valence-corrected chi connectivity index (χ3v) is 11.6. The lowest BCUT2D eigenvalue weighted by atomic mass is 10.0. The van der Waals surface area contributed by atoms with Crippen molar-refractivity contribution in [1.29, 1.82) is 0 Å². The van der Waals surface area contributed by atoms with Crippen molar-refractivity contribution in [3.05, 3.63) is 0 Å². The predicted molar refractivity (Wildman–Crippen MR) is 234 cm³/mol. The van der Waals surface area contributed by atoms with Crippen molar-refractivity contribution in [2.24, 2.45) is 0 Å². The summed E-state index contributed by atoms with van der Waals surface area (Å²) < 4.78 is 34.3. The molecule has 334 valence electrons. The van der Waals surface area contributed by atoms with E-state index in [4.69, 9.17) is 18.5 Å². The van der Waals surface area contributed by atoms with Crippen LogP contribution in [0.25, 0.3) is 0 Å². The van der Waals surface area contributed by atoms with Crippen LogP contribution in [-0.2, 0) is 32.7 Å². The predicted octanol–water partition coefficient (Wildman–Crippen LogP) is 13.6. The van der Waals surface area contributed by atoms with E-state index in [1.165, 1.54) is 167 Å². The Labute approximate surface area is 346 Å².